The first-order valence-corrected chi connectivity index (χ1v) is 7.63. The van der Waals surface area contributed by atoms with Crippen molar-refractivity contribution in [2.45, 2.75) is 6.92 Å². The van der Waals surface area contributed by atoms with Gasteiger partial charge < -0.3 is 4.42 Å². The van der Waals surface area contributed by atoms with Crippen molar-refractivity contribution in [1.29, 1.82) is 0 Å². The minimum atomic E-state index is 0.705. The highest BCUT2D eigenvalue weighted by atomic mass is 32.1. The Morgan fingerprint density at radius 3 is 2.73 bits per heavy atom. The maximum atomic E-state index is 5.33. The average Bonchev–Trinajstić information content (AvgIpc) is 3.22. The Labute approximate surface area is 130 Å². The van der Waals surface area contributed by atoms with Gasteiger partial charge in [-0.2, -0.15) is 9.61 Å². The van der Waals surface area contributed by atoms with E-state index in [1.54, 1.807) is 10.8 Å². The molecule has 6 heteroatoms. The number of hydrogen-bond donors (Lipinski definition) is 0. The summed E-state index contributed by atoms with van der Waals surface area (Å²) in [6.07, 6.45) is 5.67. The summed E-state index contributed by atoms with van der Waals surface area (Å²) in [6, 6.07) is 12.0. The fourth-order valence-corrected chi connectivity index (χ4v) is 2.96. The molecule has 0 spiro atoms. The molecule has 0 radical (unpaired) electrons. The third-order valence-electron chi connectivity index (χ3n) is 3.32. The van der Waals surface area contributed by atoms with Crippen molar-refractivity contribution in [3.63, 3.8) is 0 Å². The Morgan fingerprint density at radius 2 is 1.95 bits per heavy atom. The van der Waals surface area contributed by atoms with Gasteiger partial charge in [-0.25, -0.2) is 0 Å². The van der Waals surface area contributed by atoms with Crippen molar-refractivity contribution >= 4 is 28.4 Å². The zero-order valence-electron chi connectivity index (χ0n) is 11.8. The van der Waals surface area contributed by atoms with Crippen LogP contribution in [0, 0.1) is 6.92 Å². The molecule has 0 N–H and O–H groups in total. The topological polar surface area (TPSA) is 56.2 Å². The van der Waals surface area contributed by atoms with Crippen molar-refractivity contribution in [2.24, 2.45) is 0 Å². The second kappa shape index (κ2) is 5.23. The van der Waals surface area contributed by atoms with Crippen LogP contribution >= 0.6 is 11.3 Å². The lowest BCUT2D eigenvalue weighted by Crippen LogP contribution is -1.90. The standard InChI is InChI=1S/C16H12N4OS/c1-11-13(9-10-21-11)15-17-18-16-20(15)19-14(22-16)8-7-12-5-3-2-4-6-12/h2-10H,1H3. The van der Waals surface area contributed by atoms with Gasteiger partial charge in [0.25, 0.3) is 0 Å². The van der Waals surface area contributed by atoms with Crippen LogP contribution < -0.4 is 0 Å². The van der Waals surface area contributed by atoms with Gasteiger partial charge in [0.05, 0.1) is 11.8 Å². The van der Waals surface area contributed by atoms with Gasteiger partial charge in [0.2, 0.25) is 4.96 Å². The van der Waals surface area contributed by atoms with Crippen LogP contribution in [0.5, 0.6) is 0 Å². The molecule has 0 aliphatic rings. The number of aromatic nitrogens is 4. The lowest BCUT2D eigenvalue weighted by atomic mass is 10.2. The van der Waals surface area contributed by atoms with Crippen molar-refractivity contribution < 1.29 is 4.42 Å². The molecule has 0 saturated heterocycles. The molecule has 0 amide bonds. The van der Waals surface area contributed by atoms with E-state index in [4.69, 9.17) is 4.42 Å². The van der Waals surface area contributed by atoms with Gasteiger partial charge in [-0.3, -0.25) is 0 Å². The molecule has 4 aromatic rings. The van der Waals surface area contributed by atoms with E-state index in [2.05, 4.69) is 27.4 Å². The van der Waals surface area contributed by atoms with Crippen molar-refractivity contribution in [1.82, 2.24) is 19.8 Å². The van der Waals surface area contributed by atoms with E-state index in [9.17, 15) is 0 Å². The van der Waals surface area contributed by atoms with Gasteiger partial charge >= 0.3 is 0 Å². The molecule has 3 aromatic heterocycles. The lowest BCUT2D eigenvalue weighted by Gasteiger charge is -1.93. The van der Waals surface area contributed by atoms with E-state index < -0.39 is 0 Å². The number of fused-ring (bicyclic) bond motifs is 1. The molecule has 108 valence electrons. The molecule has 5 nitrogen and oxygen atoms in total. The summed E-state index contributed by atoms with van der Waals surface area (Å²) in [5.41, 5.74) is 2.05. The molecule has 0 aliphatic heterocycles. The van der Waals surface area contributed by atoms with E-state index in [1.807, 2.05) is 43.3 Å². The quantitative estimate of drug-likeness (QED) is 0.575. The molecule has 0 aliphatic carbocycles. The second-order valence-electron chi connectivity index (χ2n) is 4.79. The molecule has 4 rings (SSSR count). The smallest absolute Gasteiger partial charge is 0.235 e. The van der Waals surface area contributed by atoms with E-state index in [-0.39, 0.29) is 0 Å². The first kappa shape index (κ1) is 13.0. The fraction of sp³-hybridized carbons (Fsp3) is 0.0625. The first-order valence-electron chi connectivity index (χ1n) is 6.81. The highest BCUT2D eigenvalue weighted by molar-refractivity contribution is 7.17. The minimum absolute atomic E-state index is 0.705. The summed E-state index contributed by atoms with van der Waals surface area (Å²) in [5, 5.41) is 13.8. The monoisotopic (exact) mass is 308 g/mol. The van der Waals surface area contributed by atoms with Crippen molar-refractivity contribution in [3.8, 4) is 11.4 Å². The minimum Gasteiger partial charge on any atom is -0.469 e. The summed E-state index contributed by atoms with van der Waals surface area (Å²) in [4.78, 5) is 0.767. The van der Waals surface area contributed by atoms with Crippen molar-refractivity contribution in [3.05, 3.63) is 59.0 Å². The van der Waals surface area contributed by atoms with Crippen LogP contribution in [0.2, 0.25) is 0 Å². The summed E-state index contributed by atoms with van der Waals surface area (Å²) >= 11 is 1.50. The van der Waals surface area contributed by atoms with Crippen LogP contribution in [-0.2, 0) is 0 Å². The Hall–Kier alpha value is -2.73. The number of benzene rings is 1. The molecule has 3 heterocycles. The fourth-order valence-electron chi connectivity index (χ4n) is 2.22. The van der Waals surface area contributed by atoms with E-state index >= 15 is 0 Å². The number of hydrogen-bond acceptors (Lipinski definition) is 5. The predicted octanol–water partition coefficient (Wildman–Crippen LogP) is 3.92. The van der Waals surface area contributed by atoms with E-state index in [0.717, 1.165) is 26.9 Å². The maximum absolute atomic E-state index is 5.33. The molecule has 1 aromatic carbocycles. The predicted molar refractivity (Wildman–Crippen MR) is 86.5 cm³/mol. The van der Waals surface area contributed by atoms with Gasteiger partial charge in [-0.15, -0.1) is 10.2 Å². The van der Waals surface area contributed by atoms with Gasteiger partial charge in [0, 0.05) is 0 Å². The van der Waals surface area contributed by atoms with Crippen LogP contribution in [-0.4, -0.2) is 19.8 Å². The normalized spacial score (nSPS) is 11.7. The second-order valence-corrected chi connectivity index (χ2v) is 5.78. The van der Waals surface area contributed by atoms with Gasteiger partial charge in [0.15, 0.2) is 5.82 Å². The Balaban J connectivity index is 1.72. The summed E-state index contributed by atoms with van der Waals surface area (Å²) < 4.78 is 7.09. The molecular formula is C16H12N4OS. The highest BCUT2D eigenvalue weighted by Gasteiger charge is 2.15. The summed E-state index contributed by atoms with van der Waals surface area (Å²) in [6.45, 7) is 1.90. The van der Waals surface area contributed by atoms with Crippen LogP contribution in [0.25, 0.3) is 28.5 Å². The number of nitrogens with zero attached hydrogens (tertiary/aromatic N) is 4. The first-order chi connectivity index (χ1) is 10.8. The largest absolute Gasteiger partial charge is 0.469 e. The maximum Gasteiger partial charge on any atom is 0.235 e. The Bertz CT molecular complexity index is 949. The Morgan fingerprint density at radius 1 is 1.09 bits per heavy atom. The molecule has 0 atom stereocenters. The van der Waals surface area contributed by atoms with Crippen LogP contribution in [0.3, 0.4) is 0 Å². The number of furan rings is 1. The molecule has 0 unspecified atom stereocenters. The zero-order chi connectivity index (χ0) is 14.9. The highest BCUT2D eigenvalue weighted by Crippen LogP contribution is 2.25. The van der Waals surface area contributed by atoms with Crippen LogP contribution in [0.4, 0.5) is 0 Å². The van der Waals surface area contributed by atoms with E-state index in [0.29, 0.717) is 5.82 Å². The number of rotatable bonds is 3. The average molecular weight is 308 g/mol. The molecule has 0 fully saturated rings. The summed E-state index contributed by atoms with van der Waals surface area (Å²) in [5.74, 6) is 1.51. The summed E-state index contributed by atoms with van der Waals surface area (Å²) in [7, 11) is 0. The number of aryl methyl sites for hydroxylation is 1. The lowest BCUT2D eigenvalue weighted by molar-refractivity contribution is 0.535. The molecule has 0 bridgehead atoms. The molecule has 22 heavy (non-hydrogen) atoms. The van der Waals surface area contributed by atoms with Crippen LogP contribution in [0.15, 0.2) is 47.1 Å². The molecule has 0 saturated carbocycles. The van der Waals surface area contributed by atoms with E-state index in [1.165, 1.54) is 11.3 Å². The third kappa shape index (κ3) is 2.23. The zero-order valence-corrected chi connectivity index (χ0v) is 12.6. The third-order valence-corrected chi connectivity index (χ3v) is 4.19. The van der Waals surface area contributed by atoms with Gasteiger partial charge in [-0.1, -0.05) is 47.7 Å². The van der Waals surface area contributed by atoms with Gasteiger partial charge in [0.1, 0.15) is 10.8 Å². The van der Waals surface area contributed by atoms with Crippen LogP contribution in [0.1, 0.15) is 16.3 Å². The molecular weight excluding hydrogens is 296 g/mol. The Kier molecular flexibility index (Phi) is 3.08. The van der Waals surface area contributed by atoms with Crippen molar-refractivity contribution in [2.75, 3.05) is 0 Å². The van der Waals surface area contributed by atoms with Gasteiger partial charge in [-0.05, 0) is 24.6 Å². The SMILES string of the molecule is Cc1occc1-c1nnc2sc(C=Cc3ccccc3)nn12.